The van der Waals surface area contributed by atoms with Gasteiger partial charge >= 0.3 is 0 Å². The van der Waals surface area contributed by atoms with Crippen molar-refractivity contribution in [2.75, 3.05) is 5.32 Å². The Kier molecular flexibility index (Phi) is 2.55. The molecule has 2 aromatic rings. The predicted octanol–water partition coefficient (Wildman–Crippen LogP) is 1.97. The molecular weight excluding hydrogens is 222 g/mol. The van der Waals surface area contributed by atoms with Crippen molar-refractivity contribution in [1.82, 2.24) is 4.98 Å². The first-order valence-electron chi connectivity index (χ1n) is 4.93. The maximum atomic E-state index is 11.2. The molecule has 0 fully saturated rings. The van der Waals surface area contributed by atoms with Gasteiger partial charge in [-0.1, -0.05) is 23.5 Å². The molecule has 0 saturated carbocycles. The smallest absolute Gasteiger partial charge is 0.242 e. The van der Waals surface area contributed by atoms with E-state index in [1.807, 2.05) is 24.3 Å². The maximum Gasteiger partial charge on any atom is 0.242 e. The van der Waals surface area contributed by atoms with Crippen LogP contribution in [-0.4, -0.2) is 16.4 Å². The van der Waals surface area contributed by atoms with Crippen molar-refractivity contribution >= 4 is 32.6 Å². The highest BCUT2D eigenvalue weighted by Crippen LogP contribution is 2.27. The van der Waals surface area contributed by atoms with Gasteiger partial charge in [0, 0.05) is 0 Å². The molecule has 0 aliphatic rings. The summed E-state index contributed by atoms with van der Waals surface area (Å²) in [4.78, 5) is 15.6. The first-order chi connectivity index (χ1) is 7.49. The molecule has 0 unspecified atom stereocenters. The van der Waals surface area contributed by atoms with Crippen molar-refractivity contribution in [2.24, 2.45) is 5.73 Å². The highest BCUT2D eigenvalue weighted by atomic mass is 32.1. The number of hydrogen-bond donors (Lipinski definition) is 2. The van der Waals surface area contributed by atoms with Crippen molar-refractivity contribution in [2.45, 2.75) is 19.4 Å². The molecule has 0 aliphatic carbocycles. The monoisotopic (exact) mass is 235 g/mol. The van der Waals surface area contributed by atoms with E-state index in [1.54, 1.807) is 13.8 Å². The third-order valence-electron chi connectivity index (χ3n) is 2.33. The fourth-order valence-electron chi connectivity index (χ4n) is 1.25. The number of para-hydroxylation sites is 1. The largest absolute Gasteiger partial charge is 0.368 e. The van der Waals surface area contributed by atoms with Crippen LogP contribution >= 0.6 is 11.3 Å². The number of thiazole rings is 1. The summed E-state index contributed by atoms with van der Waals surface area (Å²) in [5.74, 6) is -0.397. The van der Waals surface area contributed by atoms with E-state index in [0.717, 1.165) is 10.2 Å². The van der Waals surface area contributed by atoms with Crippen LogP contribution in [-0.2, 0) is 4.79 Å². The van der Waals surface area contributed by atoms with Crippen LogP contribution in [0, 0.1) is 0 Å². The van der Waals surface area contributed by atoms with E-state index in [9.17, 15) is 4.79 Å². The number of hydrogen-bond acceptors (Lipinski definition) is 4. The minimum absolute atomic E-state index is 0.397. The molecule has 2 rings (SSSR count). The average Bonchev–Trinajstić information content (AvgIpc) is 2.58. The van der Waals surface area contributed by atoms with E-state index < -0.39 is 11.4 Å². The second kappa shape index (κ2) is 3.75. The topological polar surface area (TPSA) is 68.0 Å². The zero-order valence-electron chi connectivity index (χ0n) is 9.15. The van der Waals surface area contributed by atoms with Crippen molar-refractivity contribution in [3.63, 3.8) is 0 Å². The van der Waals surface area contributed by atoms with Crippen molar-refractivity contribution in [1.29, 1.82) is 0 Å². The van der Waals surface area contributed by atoms with Gasteiger partial charge in [-0.25, -0.2) is 4.98 Å². The molecule has 3 N–H and O–H groups in total. The molecule has 1 aromatic carbocycles. The molecule has 1 heterocycles. The zero-order valence-corrected chi connectivity index (χ0v) is 9.97. The number of anilines is 1. The summed E-state index contributed by atoms with van der Waals surface area (Å²) >= 11 is 1.51. The number of primary amides is 1. The average molecular weight is 235 g/mol. The second-order valence-corrected chi connectivity index (χ2v) is 5.13. The van der Waals surface area contributed by atoms with Gasteiger partial charge in [-0.15, -0.1) is 0 Å². The van der Waals surface area contributed by atoms with E-state index in [0.29, 0.717) is 5.13 Å². The Hall–Kier alpha value is -1.62. The molecule has 1 amide bonds. The molecule has 0 radical (unpaired) electrons. The Bertz CT molecular complexity index is 500. The Morgan fingerprint density at radius 2 is 2.12 bits per heavy atom. The van der Waals surface area contributed by atoms with Gasteiger partial charge in [0.1, 0.15) is 5.54 Å². The van der Waals surface area contributed by atoms with E-state index >= 15 is 0 Å². The summed E-state index contributed by atoms with van der Waals surface area (Å²) in [6.07, 6.45) is 0. The summed E-state index contributed by atoms with van der Waals surface area (Å²) < 4.78 is 1.09. The number of nitrogens with two attached hydrogens (primary N) is 1. The highest BCUT2D eigenvalue weighted by molar-refractivity contribution is 7.22. The number of carbonyl (C=O) groups is 1. The van der Waals surface area contributed by atoms with Crippen molar-refractivity contribution in [3.05, 3.63) is 24.3 Å². The lowest BCUT2D eigenvalue weighted by Gasteiger charge is -2.21. The maximum absolute atomic E-state index is 11.2. The zero-order chi connectivity index (χ0) is 11.8. The first kappa shape index (κ1) is 10.9. The van der Waals surface area contributed by atoms with Crippen LogP contribution in [0.5, 0.6) is 0 Å². The van der Waals surface area contributed by atoms with Crippen LogP contribution in [0.3, 0.4) is 0 Å². The van der Waals surface area contributed by atoms with Crippen LogP contribution in [0.4, 0.5) is 5.13 Å². The second-order valence-electron chi connectivity index (χ2n) is 4.10. The number of nitrogens with one attached hydrogen (secondary N) is 1. The van der Waals surface area contributed by atoms with Gasteiger partial charge in [-0.2, -0.15) is 0 Å². The van der Waals surface area contributed by atoms with Gasteiger partial charge in [0.2, 0.25) is 5.91 Å². The van der Waals surface area contributed by atoms with Crippen LogP contribution in [0.15, 0.2) is 24.3 Å². The number of carbonyl (C=O) groups excluding carboxylic acids is 1. The molecule has 1 aromatic heterocycles. The van der Waals surface area contributed by atoms with Gasteiger partial charge in [-0.05, 0) is 26.0 Å². The molecule has 16 heavy (non-hydrogen) atoms. The normalized spacial score (nSPS) is 11.6. The number of nitrogens with zero attached hydrogens (tertiary/aromatic N) is 1. The van der Waals surface area contributed by atoms with Gasteiger partial charge in [0.15, 0.2) is 5.13 Å². The minimum atomic E-state index is -0.784. The van der Waals surface area contributed by atoms with Gasteiger partial charge in [0.25, 0.3) is 0 Å². The first-order valence-corrected chi connectivity index (χ1v) is 5.74. The molecular formula is C11H13N3OS. The van der Waals surface area contributed by atoms with Crippen molar-refractivity contribution < 1.29 is 4.79 Å². The van der Waals surface area contributed by atoms with Crippen LogP contribution in [0.2, 0.25) is 0 Å². The van der Waals surface area contributed by atoms with Crippen LogP contribution < -0.4 is 11.1 Å². The van der Waals surface area contributed by atoms with E-state index in [1.165, 1.54) is 11.3 Å². The number of aromatic nitrogens is 1. The van der Waals surface area contributed by atoms with Crippen LogP contribution in [0.25, 0.3) is 10.2 Å². The number of amides is 1. The quantitative estimate of drug-likeness (QED) is 0.854. The molecule has 0 spiro atoms. The minimum Gasteiger partial charge on any atom is -0.368 e. The Morgan fingerprint density at radius 1 is 1.44 bits per heavy atom. The predicted molar refractivity (Wildman–Crippen MR) is 66.5 cm³/mol. The molecule has 4 nitrogen and oxygen atoms in total. The lowest BCUT2D eigenvalue weighted by atomic mass is 10.1. The SMILES string of the molecule is CC(C)(Nc1nc2ccccc2s1)C(N)=O. The Labute approximate surface area is 97.5 Å². The number of fused-ring (bicyclic) bond motifs is 1. The van der Waals surface area contributed by atoms with Gasteiger partial charge in [0.05, 0.1) is 10.2 Å². The lowest BCUT2D eigenvalue weighted by molar-refractivity contribution is -0.121. The Morgan fingerprint density at radius 3 is 2.75 bits per heavy atom. The van der Waals surface area contributed by atoms with Gasteiger partial charge < -0.3 is 11.1 Å². The highest BCUT2D eigenvalue weighted by Gasteiger charge is 2.25. The summed E-state index contributed by atoms with van der Waals surface area (Å²) in [5.41, 5.74) is 5.43. The molecule has 0 atom stereocenters. The molecule has 5 heteroatoms. The molecule has 0 bridgehead atoms. The molecule has 84 valence electrons. The fourth-order valence-corrected chi connectivity index (χ4v) is 2.28. The third kappa shape index (κ3) is 1.99. The summed E-state index contributed by atoms with van der Waals surface area (Å²) in [5, 5.41) is 3.75. The Balaban J connectivity index is 2.32. The standard InChI is InChI=1S/C11H13N3OS/c1-11(2,9(12)15)14-10-13-7-5-3-4-6-8(7)16-10/h3-6H,1-2H3,(H2,12,15)(H,13,14). The van der Waals surface area contributed by atoms with Gasteiger partial charge in [-0.3, -0.25) is 4.79 Å². The van der Waals surface area contributed by atoms with Crippen molar-refractivity contribution in [3.8, 4) is 0 Å². The summed E-state index contributed by atoms with van der Waals surface area (Å²) in [6, 6.07) is 7.83. The lowest BCUT2D eigenvalue weighted by Crippen LogP contribution is -2.44. The van der Waals surface area contributed by atoms with E-state index in [2.05, 4.69) is 10.3 Å². The summed E-state index contributed by atoms with van der Waals surface area (Å²) in [7, 11) is 0. The van der Waals surface area contributed by atoms with Crippen LogP contribution in [0.1, 0.15) is 13.8 Å². The fraction of sp³-hybridized carbons (Fsp3) is 0.273. The number of benzene rings is 1. The molecule has 0 saturated heterocycles. The van der Waals surface area contributed by atoms with E-state index in [-0.39, 0.29) is 0 Å². The number of rotatable bonds is 3. The molecule has 0 aliphatic heterocycles. The summed E-state index contributed by atoms with van der Waals surface area (Å²) in [6.45, 7) is 3.48. The third-order valence-corrected chi connectivity index (χ3v) is 3.28. The van der Waals surface area contributed by atoms with E-state index in [4.69, 9.17) is 5.73 Å².